The number of aliphatic hydroxyl groups excluding tert-OH is 1. The summed E-state index contributed by atoms with van der Waals surface area (Å²) in [5, 5.41) is 10.7. The Morgan fingerprint density at radius 3 is 0.676 bits per heavy atom. The van der Waals surface area contributed by atoms with Crippen molar-refractivity contribution in [2.24, 2.45) is 0 Å². The number of phosphoric ester groups is 2. The lowest BCUT2D eigenvalue weighted by molar-refractivity contribution is -0.161. The molecule has 0 radical (unpaired) electrons. The summed E-state index contributed by atoms with van der Waals surface area (Å²) in [6.45, 7) is 5.02. The average molecular weight is 1490 g/mol. The Labute approximate surface area is 625 Å². The average Bonchev–Trinajstić information content (AvgIpc) is 0.949. The van der Waals surface area contributed by atoms with E-state index in [1.54, 1.807) is 0 Å². The largest absolute Gasteiger partial charge is 0.472 e. The maximum absolute atomic E-state index is 13.1. The summed E-state index contributed by atoms with van der Waals surface area (Å²) >= 11 is 0. The summed E-state index contributed by atoms with van der Waals surface area (Å²) in [5.74, 6) is -2.12. The van der Waals surface area contributed by atoms with Crippen LogP contribution in [0.5, 0.6) is 0 Å². The highest BCUT2D eigenvalue weighted by atomic mass is 31.2. The second kappa shape index (κ2) is 77.0. The van der Waals surface area contributed by atoms with Crippen LogP contribution >= 0.6 is 15.6 Å². The molecule has 0 aliphatic carbocycles. The Morgan fingerprint density at radius 2 is 0.451 bits per heavy atom. The van der Waals surface area contributed by atoms with Crippen LogP contribution in [0.3, 0.4) is 0 Å². The highest BCUT2D eigenvalue weighted by molar-refractivity contribution is 7.47. The zero-order valence-corrected chi connectivity index (χ0v) is 68.1. The normalized spacial score (nSPS) is 13.8. The number of unbranched alkanes of at least 4 members (excludes halogenated alkanes) is 55. The first kappa shape index (κ1) is 99.8. The SMILES string of the molecule is CCCCCCCC/C=C\CCCCCCCC(=O)OC[C@H](COP(=O)(O)OC[C@H](O)COP(=O)(O)OC[C@@H](COC(=O)CCCCCCCCCCCCCCCCCCC)OC(=O)CCCCCCCCCCCCCCC)OC(=O)CCCCCCCCCCCCCCCCCCC. The van der Waals surface area contributed by atoms with Gasteiger partial charge in [-0.2, -0.15) is 0 Å². The second-order valence-electron chi connectivity index (χ2n) is 29.5. The van der Waals surface area contributed by atoms with Crippen LogP contribution in [0.1, 0.15) is 439 Å². The molecule has 17 nitrogen and oxygen atoms in total. The molecular formula is C83H160O17P2. The van der Waals surface area contributed by atoms with Crippen molar-refractivity contribution < 1.29 is 80.2 Å². The lowest BCUT2D eigenvalue weighted by atomic mass is 10.0. The Morgan fingerprint density at radius 1 is 0.265 bits per heavy atom. The van der Waals surface area contributed by atoms with E-state index in [4.69, 9.17) is 37.0 Å². The van der Waals surface area contributed by atoms with E-state index >= 15 is 0 Å². The summed E-state index contributed by atoms with van der Waals surface area (Å²) in [6.07, 6.45) is 71.7. The predicted octanol–water partition coefficient (Wildman–Crippen LogP) is 25.1. The fraction of sp³-hybridized carbons (Fsp3) is 0.928. The first-order valence-electron chi connectivity index (χ1n) is 42.9. The Kier molecular flexibility index (Phi) is 75.3. The van der Waals surface area contributed by atoms with Crippen LogP contribution in [0.2, 0.25) is 0 Å². The fourth-order valence-electron chi connectivity index (χ4n) is 12.7. The zero-order chi connectivity index (χ0) is 74.6. The smallest absolute Gasteiger partial charge is 0.462 e. The molecule has 0 aliphatic rings. The molecule has 0 aromatic heterocycles. The molecule has 0 bridgehead atoms. The van der Waals surface area contributed by atoms with Crippen molar-refractivity contribution in [3.05, 3.63) is 12.2 Å². The van der Waals surface area contributed by atoms with Gasteiger partial charge in [-0.3, -0.25) is 37.3 Å². The number of phosphoric acid groups is 2. The number of allylic oxidation sites excluding steroid dienone is 2. The second-order valence-corrected chi connectivity index (χ2v) is 32.4. The van der Waals surface area contributed by atoms with Gasteiger partial charge in [-0.05, 0) is 51.4 Å². The third kappa shape index (κ3) is 76.0. The van der Waals surface area contributed by atoms with Gasteiger partial charge in [0.2, 0.25) is 0 Å². The zero-order valence-electron chi connectivity index (χ0n) is 66.3. The molecule has 0 fully saturated rings. The number of hydrogen-bond donors (Lipinski definition) is 3. The molecule has 3 N–H and O–H groups in total. The van der Waals surface area contributed by atoms with E-state index in [0.717, 1.165) is 109 Å². The maximum Gasteiger partial charge on any atom is 0.472 e. The molecule has 0 amide bonds. The fourth-order valence-corrected chi connectivity index (χ4v) is 14.3. The van der Waals surface area contributed by atoms with Crippen molar-refractivity contribution in [2.75, 3.05) is 39.6 Å². The van der Waals surface area contributed by atoms with E-state index in [0.29, 0.717) is 25.7 Å². The third-order valence-corrected chi connectivity index (χ3v) is 21.2. The van der Waals surface area contributed by atoms with Gasteiger partial charge in [0.1, 0.15) is 19.3 Å². The summed E-state index contributed by atoms with van der Waals surface area (Å²) in [7, 11) is -9.93. The van der Waals surface area contributed by atoms with Gasteiger partial charge in [-0.15, -0.1) is 0 Å². The number of rotatable bonds is 83. The number of esters is 4. The lowest BCUT2D eigenvalue weighted by Crippen LogP contribution is -2.30. The molecule has 0 aromatic carbocycles. The first-order valence-corrected chi connectivity index (χ1v) is 45.9. The number of hydrogen-bond acceptors (Lipinski definition) is 15. The van der Waals surface area contributed by atoms with Crippen LogP contribution in [-0.2, 0) is 65.4 Å². The maximum atomic E-state index is 13.1. The Hall–Kier alpha value is -2.20. The number of carbonyl (C=O) groups excluding carboxylic acids is 4. The number of carbonyl (C=O) groups is 4. The van der Waals surface area contributed by atoms with E-state index in [1.165, 1.54) is 250 Å². The van der Waals surface area contributed by atoms with Gasteiger partial charge in [-0.25, -0.2) is 9.13 Å². The van der Waals surface area contributed by atoms with Crippen LogP contribution < -0.4 is 0 Å². The van der Waals surface area contributed by atoms with Crippen LogP contribution in [0, 0.1) is 0 Å². The molecule has 0 rings (SSSR count). The summed E-state index contributed by atoms with van der Waals surface area (Å²) in [4.78, 5) is 73.1. The van der Waals surface area contributed by atoms with E-state index in [9.17, 15) is 43.2 Å². The quantitative estimate of drug-likeness (QED) is 0.0169. The molecule has 19 heteroatoms. The summed E-state index contributed by atoms with van der Waals surface area (Å²) in [6, 6.07) is 0. The highest BCUT2D eigenvalue weighted by Gasteiger charge is 2.30. The van der Waals surface area contributed by atoms with Gasteiger partial charge in [0.05, 0.1) is 26.4 Å². The highest BCUT2D eigenvalue weighted by Crippen LogP contribution is 2.45. The van der Waals surface area contributed by atoms with Crippen LogP contribution in [-0.4, -0.2) is 96.7 Å². The molecule has 0 saturated carbocycles. The minimum absolute atomic E-state index is 0.105. The van der Waals surface area contributed by atoms with Gasteiger partial charge in [0.25, 0.3) is 0 Å². The molecule has 0 aliphatic heterocycles. The van der Waals surface area contributed by atoms with Crippen molar-refractivity contribution in [1.29, 1.82) is 0 Å². The lowest BCUT2D eigenvalue weighted by Gasteiger charge is -2.21. The molecule has 0 heterocycles. The third-order valence-electron chi connectivity index (χ3n) is 19.3. The van der Waals surface area contributed by atoms with E-state index in [-0.39, 0.29) is 25.7 Å². The summed E-state index contributed by atoms with van der Waals surface area (Å²) in [5.41, 5.74) is 0. The summed E-state index contributed by atoms with van der Waals surface area (Å²) < 4.78 is 68.8. The van der Waals surface area contributed by atoms with Gasteiger partial charge in [0, 0.05) is 25.7 Å². The monoisotopic (exact) mass is 1490 g/mol. The standard InChI is InChI=1S/C83H160O17P2/c1-5-9-13-17-21-25-29-33-36-38-41-45-48-52-56-60-64-68-81(86)94-73-78(99-82(87)69-65-61-57-53-49-43-32-28-24-20-16-12-8-4)75-97-101(89,90)95-71-77(84)72-96-102(91,92)98-76-79(74-93-80(85)67-63-59-55-51-47-44-40-35-31-27-23-19-15-11-7-3)100-83(88)70-66-62-58-54-50-46-42-39-37-34-30-26-22-18-14-10-6-2/h35,40,77-79,84H,5-34,36-39,41-76H2,1-4H3,(H,89,90)(H,91,92)/b40-35-/t77-,78-,79-/m1/s1. The van der Waals surface area contributed by atoms with Gasteiger partial charge < -0.3 is 33.8 Å². The van der Waals surface area contributed by atoms with E-state index in [1.807, 2.05) is 0 Å². The molecule has 0 saturated heterocycles. The van der Waals surface area contributed by atoms with Crippen molar-refractivity contribution in [2.45, 2.75) is 457 Å². The first-order chi connectivity index (χ1) is 49.7. The predicted molar refractivity (Wildman–Crippen MR) is 418 cm³/mol. The minimum atomic E-state index is -4.97. The molecule has 5 atom stereocenters. The minimum Gasteiger partial charge on any atom is -0.462 e. The molecule has 0 spiro atoms. The van der Waals surface area contributed by atoms with Gasteiger partial charge in [-0.1, -0.05) is 374 Å². The van der Waals surface area contributed by atoms with Gasteiger partial charge in [0.15, 0.2) is 12.2 Å². The number of aliphatic hydroxyl groups is 1. The molecule has 0 aromatic rings. The van der Waals surface area contributed by atoms with Crippen LogP contribution in [0.25, 0.3) is 0 Å². The van der Waals surface area contributed by atoms with E-state index < -0.39 is 97.5 Å². The van der Waals surface area contributed by atoms with Crippen molar-refractivity contribution in [3.8, 4) is 0 Å². The molecule has 604 valence electrons. The van der Waals surface area contributed by atoms with Crippen LogP contribution in [0.4, 0.5) is 0 Å². The Balaban J connectivity index is 5.27. The van der Waals surface area contributed by atoms with Crippen LogP contribution in [0.15, 0.2) is 12.2 Å². The molecule has 102 heavy (non-hydrogen) atoms. The van der Waals surface area contributed by atoms with Crippen molar-refractivity contribution >= 4 is 39.5 Å². The van der Waals surface area contributed by atoms with Crippen molar-refractivity contribution in [3.63, 3.8) is 0 Å². The topological polar surface area (TPSA) is 237 Å². The number of ether oxygens (including phenoxy) is 4. The van der Waals surface area contributed by atoms with Gasteiger partial charge >= 0.3 is 39.5 Å². The molecule has 2 unspecified atom stereocenters. The van der Waals surface area contributed by atoms with E-state index in [2.05, 4.69) is 39.8 Å². The molecular weight excluding hydrogens is 1330 g/mol. The Bertz CT molecular complexity index is 1980. The van der Waals surface area contributed by atoms with Crippen molar-refractivity contribution in [1.82, 2.24) is 0 Å².